The molecule has 0 rings (SSSR count). The third kappa shape index (κ3) is 14.5. The van der Waals surface area contributed by atoms with Crippen LogP contribution < -0.4 is 0 Å². The summed E-state index contributed by atoms with van der Waals surface area (Å²) in [7, 11) is 0. The monoisotopic (exact) mass is 493 g/mol. The van der Waals surface area contributed by atoms with Gasteiger partial charge in [0.25, 0.3) is 0 Å². The molecule has 0 aliphatic carbocycles. The van der Waals surface area contributed by atoms with Crippen molar-refractivity contribution < 1.29 is 0 Å². The lowest BCUT2D eigenvalue weighted by Crippen LogP contribution is -2.44. The molecule has 0 aromatic heterocycles. The Labute approximate surface area is 225 Å². The van der Waals surface area contributed by atoms with Gasteiger partial charge in [-0.15, -0.1) is 0 Å². The Bertz CT molecular complexity index is 426. The van der Waals surface area contributed by atoms with E-state index in [4.69, 9.17) is 0 Å². The van der Waals surface area contributed by atoms with Gasteiger partial charge in [-0.25, -0.2) is 0 Å². The molecule has 0 aliphatic heterocycles. The molecule has 3 unspecified atom stereocenters. The first-order chi connectivity index (χ1) is 17.0. The fourth-order valence-electron chi connectivity index (χ4n) is 7.27. The molecule has 0 aromatic rings. The van der Waals surface area contributed by atoms with Gasteiger partial charge in [0, 0.05) is 0 Å². The predicted octanol–water partition coefficient (Wildman–Crippen LogP) is 13.5. The van der Waals surface area contributed by atoms with E-state index in [-0.39, 0.29) is 0 Å². The molecule has 0 aliphatic rings. The summed E-state index contributed by atoms with van der Waals surface area (Å²) in [6.07, 6.45) is 36.0. The quantitative estimate of drug-likeness (QED) is 0.1000. The molecule has 0 heteroatoms. The van der Waals surface area contributed by atoms with Crippen LogP contribution in [-0.2, 0) is 0 Å². The summed E-state index contributed by atoms with van der Waals surface area (Å²) in [6, 6.07) is 0. The van der Waals surface area contributed by atoms with E-state index in [1.807, 2.05) is 0 Å². The molecule has 0 spiro atoms. The zero-order valence-electron chi connectivity index (χ0n) is 26.3. The predicted molar refractivity (Wildman–Crippen MR) is 163 cm³/mol. The van der Waals surface area contributed by atoms with Crippen molar-refractivity contribution in [2.75, 3.05) is 0 Å². The molecule has 0 N–H and O–H groups in total. The molecular weight excluding hydrogens is 420 g/mol. The molecule has 0 saturated carbocycles. The largest absolute Gasteiger partial charge is 0.0654 e. The zero-order valence-corrected chi connectivity index (χ0v) is 26.3. The van der Waals surface area contributed by atoms with E-state index in [9.17, 15) is 0 Å². The minimum atomic E-state index is 0.521. The summed E-state index contributed by atoms with van der Waals surface area (Å²) >= 11 is 0. The fraction of sp³-hybridized carbons (Fsp3) is 1.00. The summed E-state index contributed by atoms with van der Waals surface area (Å²) < 4.78 is 0. The Kier molecular flexibility index (Phi) is 23.1. The molecule has 212 valence electrons. The second-order valence-corrected chi connectivity index (χ2v) is 12.6. The molecule has 0 heterocycles. The molecule has 0 amide bonds. The minimum Gasteiger partial charge on any atom is -0.0654 e. The van der Waals surface area contributed by atoms with Gasteiger partial charge in [-0.2, -0.15) is 0 Å². The van der Waals surface area contributed by atoms with Gasteiger partial charge in [-0.1, -0.05) is 183 Å². The van der Waals surface area contributed by atoms with Gasteiger partial charge in [0.15, 0.2) is 0 Å². The molecular formula is C35H72. The summed E-state index contributed by atoms with van der Waals surface area (Å²) in [4.78, 5) is 0. The topological polar surface area (TPSA) is 0 Å². The van der Waals surface area contributed by atoms with Crippen LogP contribution in [0.3, 0.4) is 0 Å². The normalized spacial score (nSPS) is 16.2. The highest BCUT2D eigenvalue weighted by molar-refractivity contribution is 4.97. The lowest BCUT2D eigenvalue weighted by Gasteiger charge is -2.54. The van der Waals surface area contributed by atoms with Gasteiger partial charge in [0.05, 0.1) is 0 Å². The average molecular weight is 493 g/mol. The SMILES string of the molecule is CCCCCCCCCCC(C)(CCCCCCCC)C(CC)(CCCCCCCC)C(C)CC. The second-order valence-electron chi connectivity index (χ2n) is 12.6. The van der Waals surface area contributed by atoms with Crippen LogP contribution in [0, 0.1) is 16.7 Å². The standard InChI is InChI=1S/C35H72/c1-8-13-16-19-22-23-25-28-31-34(7,30-27-24-20-17-14-9-2)35(12-5,33(6)11-4)32-29-26-21-18-15-10-3/h33H,8-32H2,1-7H3. The van der Waals surface area contributed by atoms with Gasteiger partial charge in [0.2, 0.25) is 0 Å². The van der Waals surface area contributed by atoms with Crippen LogP contribution in [0.25, 0.3) is 0 Å². The number of hydrogen-bond acceptors (Lipinski definition) is 0. The number of hydrogen-bond donors (Lipinski definition) is 0. The maximum atomic E-state index is 2.76. The molecule has 0 saturated heterocycles. The Morgan fingerprint density at radius 1 is 0.429 bits per heavy atom. The number of unbranched alkanes of at least 4 members (excludes halogenated alkanes) is 17. The van der Waals surface area contributed by atoms with Crippen molar-refractivity contribution in [3.8, 4) is 0 Å². The number of rotatable bonds is 27. The highest BCUT2D eigenvalue weighted by Gasteiger charge is 2.47. The fourth-order valence-corrected chi connectivity index (χ4v) is 7.27. The maximum Gasteiger partial charge on any atom is -0.0221 e. The van der Waals surface area contributed by atoms with Crippen LogP contribution in [-0.4, -0.2) is 0 Å². The van der Waals surface area contributed by atoms with E-state index in [0.29, 0.717) is 10.8 Å². The van der Waals surface area contributed by atoms with Crippen molar-refractivity contribution in [1.82, 2.24) is 0 Å². The molecule has 0 aromatic carbocycles. The van der Waals surface area contributed by atoms with E-state index >= 15 is 0 Å². The summed E-state index contributed by atoms with van der Waals surface area (Å²) in [5.41, 5.74) is 1.06. The van der Waals surface area contributed by atoms with E-state index in [0.717, 1.165) is 5.92 Å². The second kappa shape index (κ2) is 23.1. The molecule has 3 atom stereocenters. The van der Waals surface area contributed by atoms with Crippen LogP contribution in [0.4, 0.5) is 0 Å². The minimum absolute atomic E-state index is 0.521. The van der Waals surface area contributed by atoms with Crippen molar-refractivity contribution in [2.45, 2.75) is 209 Å². The third-order valence-electron chi connectivity index (χ3n) is 10.0. The molecule has 0 nitrogen and oxygen atoms in total. The smallest absolute Gasteiger partial charge is 0.0221 e. The van der Waals surface area contributed by atoms with Crippen molar-refractivity contribution >= 4 is 0 Å². The summed E-state index contributed by atoms with van der Waals surface area (Å²) in [5, 5.41) is 0. The van der Waals surface area contributed by atoms with Crippen molar-refractivity contribution in [3.63, 3.8) is 0 Å². The Hall–Kier alpha value is 0. The highest BCUT2D eigenvalue weighted by Crippen LogP contribution is 2.57. The highest BCUT2D eigenvalue weighted by atomic mass is 14.5. The van der Waals surface area contributed by atoms with E-state index in [1.165, 1.54) is 161 Å². The zero-order chi connectivity index (χ0) is 26.3. The molecule has 35 heavy (non-hydrogen) atoms. The van der Waals surface area contributed by atoms with Crippen LogP contribution >= 0.6 is 0 Å². The van der Waals surface area contributed by atoms with Crippen LogP contribution in [0.2, 0.25) is 0 Å². The first-order valence-corrected chi connectivity index (χ1v) is 17.0. The Morgan fingerprint density at radius 3 is 1.06 bits per heavy atom. The third-order valence-corrected chi connectivity index (χ3v) is 10.0. The molecule has 0 bridgehead atoms. The van der Waals surface area contributed by atoms with Crippen molar-refractivity contribution in [3.05, 3.63) is 0 Å². The maximum absolute atomic E-state index is 2.76. The van der Waals surface area contributed by atoms with Gasteiger partial charge in [0.1, 0.15) is 0 Å². The molecule has 0 radical (unpaired) electrons. The van der Waals surface area contributed by atoms with Crippen LogP contribution in [0.5, 0.6) is 0 Å². The van der Waals surface area contributed by atoms with E-state index in [1.54, 1.807) is 0 Å². The van der Waals surface area contributed by atoms with Crippen LogP contribution in [0.15, 0.2) is 0 Å². The van der Waals surface area contributed by atoms with Gasteiger partial charge >= 0.3 is 0 Å². The van der Waals surface area contributed by atoms with Crippen molar-refractivity contribution in [1.29, 1.82) is 0 Å². The lowest BCUT2D eigenvalue weighted by atomic mass is 9.51. The molecule has 0 fully saturated rings. The Morgan fingerprint density at radius 2 is 0.743 bits per heavy atom. The Balaban J connectivity index is 5.19. The van der Waals surface area contributed by atoms with E-state index < -0.39 is 0 Å². The van der Waals surface area contributed by atoms with Gasteiger partial charge < -0.3 is 0 Å². The first kappa shape index (κ1) is 35.0. The average Bonchev–Trinajstić information content (AvgIpc) is 2.87. The van der Waals surface area contributed by atoms with Gasteiger partial charge in [-0.05, 0) is 42.4 Å². The first-order valence-electron chi connectivity index (χ1n) is 17.0. The van der Waals surface area contributed by atoms with Crippen LogP contribution in [0.1, 0.15) is 209 Å². The van der Waals surface area contributed by atoms with Gasteiger partial charge in [-0.3, -0.25) is 0 Å². The summed E-state index contributed by atoms with van der Waals surface area (Å²) in [5.74, 6) is 0.849. The van der Waals surface area contributed by atoms with Crippen molar-refractivity contribution in [2.24, 2.45) is 16.7 Å². The van der Waals surface area contributed by atoms with E-state index in [2.05, 4.69) is 48.5 Å². The summed E-state index contributed by atoms with van der Waals surface area (Å²) in [6.45, 7) is 17.4. The lowest BCUT2D eigenvalue weighted by molar-refractivity contribution is -0.0387.